The molecule has 0 radical (unpaired) electrons. The average Bonchev–Trinajstić information content (AvgIpc) is 3.14. The van der Waals surface area contributed by atoms with Crippen LogP contribution in [0.15, 0.2) is 40.7 Å². The Morgan fingerprint density at radius 3 is 2.92 bits per heavy atom. The van der Waals surface area contributed by atoms with Gasteiger partial charge in [-0.1, -0.05) is 6.07 Å². The van der Waals surface area contributed by atoms with E-state index in [0.717, 1.165) is 26.2 Å². The van der Waals surface area contributed by atoms with Crippen molar-refractivity contribution >= 4 is 27.2 Å². The summed E-state index contributed by atoms with van der Waals surface area (Å²) in [5, 5.41) is 5.47. The highest BCUT2D eigenvalue weighted by molar-refractivity contribution is 7.89. The quantitative estimate of drug-likeness (QED) is 0.771. The predicted octanol–water partition coefficient (Wildman–Crippen LogP) is 2.38. The number of piperidine rings is 1. The first-order valence-electron chi connectivity index (χ1n) is 8.45. The topological polar surface area (TPSA) is 74.3 Å². The summed E-state index contributed by atoms with van der Waals surface area (Å²) < 4.78 is 25.7. The molecule has 6 nitrogen and oxygen atoms in total. The highest BCUT2D eigenvalue weighted by Gasteiger charge is 2.20. The number of sulfonamides is 1. The Morgan fingerprint density at radius 1 is 1.36 bits per heavy atom. The number of hydrogen-bond donors (Lipinski definition) is 2. The molecular formula is C17H24N4O2S2. The van der Waals surface area contributed by atoms with Crippen LogP contribution in [0.1, 0.15) is 17.7 Å². The number of nitrogens with one attached hydrogen (secondary N) is 2. The van der Waals surface area contributed by atoms with Crippen molar-refractivity contribution in [1.29, 1.82) is 0 Å². The van der Waals surface area contributed by atoms with Crippen LogP contribution < -0.4 is 10.0 Å². The molecule has 0 saturated carbocycles. The number of anilines is 1. The molecule has 0 bridgehead atoms. The van der Waals surface area contributed by atoms with Crippen molar-refractivity contribution in [1.82, 2.24) is 14.6 Å². The van der Waals surface area contributed by atoms with Crippen molar-refractivity contribution in [2.75, 3.05) is 32.0 Å². The SMILES string of the molecule is CNS(=O)(=O)c1ccc(NCC2CCCN(Cc3cccs3)C2)nc1. The van der Waals surface area contributed by atoms with Crippen LogP contribution in [0.2, 0.25) is 0 Å². The Bertz CT molecular complexity index is 760. The minimum Gasteiger partial charge on any atom is -0.370 e. The van der Waals surface area contributed by atoms with Gasteiger partial charge >= 0.3 is 0 Å². The third kappa shape index (κ3) is 5.01. The Hall–Kier alpha value is -1.48. The Balaban J connectivity index is 1.51. The van der Waals surface area contributed by atoms with Crippen molar-refractivity contribution in [3.8, 4) is 0 Å². The summed E-state index contributed by atoms with van der Waals surface area (Å²) in [5.41, 5.74) is 0. The van der Waals surface area contributed by atoms with Gasteiger partial charge in [0.05, 0.1) is 0 Å². The van der Waals surface area contributed by atoms with Crippen LogP contribution in [-0.4, -0.2) is 45.0 Å². The van der Waals surface area contributed by atoms with E-state index in [1.54, 1.807) is 12.1 Å². The number of likely N-dealkylation sites (tertiary alicyclic amines) is 1. The normalized spacial score (nSPS) is 19.0. The summed E-state index contributed by atoms with van der Waals surface area (Å²) in [5.74, 6) is 1.29. The van der Waals surface area contributed by atoms with E-state index in [2.05, 4.69) is 37.4 Å². The second kappa shape index (κ2) is 8.27. The summed E-state index contributed by atoms with van der Waals surface area (Å²) in [6.45, 7) is 4.12. The van der Waals surface area contributed by atoms with Gasteiger partial charge in [-0.15, -0.1) is 11.3 Å². The largest absolute Gasteiger partial charge is 0.370 e. The lowest BCUT2D eigenvalue weighted by atomic mass is 9.98. The summed E-state index contributed by atoms with van der Waals surface area (Å²) in [4.78, 5) is 8.32. The first-order valence-corrected chi connectivity index (χ1v) is 10.8. The molecule has 0 amide bonds. The van der Waals surface area contributed by atoms with E-state index < -0.39 is 10.0 Å². The molecular weight excluding hydrogens is 356 g/mol. The van der Waals surface area contributed by atoms with Crippen LogP contribution in [0.5, 0.6) is 0 Å². The summed E-state index contributed by atoms with van der Waals surface area (Å²) in [7, 11) is -2.03. The van der Waals surface area contributed by atoms with E-state index in [0.29, 0.717) is 11.7 Å². The van der Waals surface area contributed by atoms with E-state index in [4.69, 9.17) is 0 Å². The molecule has 25 heavy (non-hydrogen) atoms. The fourth-order valence-corrected chi connectivity index (χ4v) is 4.52. The van der Waals surface area contributed by atoms with Crippen LogP contribution in [0.3, 0.4) is 0 Å². The smallest absolute Gasteiger partial charge is 0.241 e. The predicted molar refractivity (Wildman–Crippen MR) is 101 cm³/mol. The molecule has 136 valence electrons. The molecule has 0 aromatic carbocycles. The molecule has 3 rings (SSSR count). The van der Waals surface area contributed by atoms with E-state index in [-0.39, 0.29) is 4.90 Å². The highest BCUT2D eigenvalue weighted by Crippen LogP contribution is 2.21. The zero-order valence-corrected chi connectivity index (χ0v) is 15.9. The van der Waals surface area contributed by atoms with Crippen LogP contribution in [0.25, 0.3) is 0 Å². The Labute approximate surface area is 153 Å². The zero-order valence-electron chi connectivity index (χ0n) is 14.3. The van der Waals surface area contributed by atoms with E-state index in [9.17, 15) is 8.42 Å². The molecule has 0 spiro atoms. The number of aromatic nitrogens is 1. The molecule has 0 aliphatic carbocycles. The van der Waals surface area contributed by atoms with E-state index in [1.165, 1.54) is 31.0 Å². The number of pyridine rings is 1. The van der Waals surface area contributed by atoms with Gasteiger partial charge < -0.3 is 5.32 Å². The molecule has 1 aliphatic rings. The van der Waals surface area contributed by atoms with Gasteiger partial charge in [-0.25, -0.2) is 18.1 Å². The molecule has 2 aromatic rings. The van der Waals surface area contributed by atoms with Crippen molar-refractivity contribution in [3.63, 3.8) is 0 Å². The molecule has 1 atom stereocenters. The average molecular weight is 381 g/mol. The number of hydrogen-bond acceptors (Lipinski definition) is 6. The summed E-state index contributed by atoms with van der Waals surface area (Å²) >= 11 is 1.81. The van der Waals surface area contributed by atoms with Gasteiger partial charge in [-0.05, 0) is 55.9 Å². The number of rotatable bonds is 7. The van der Waals surface area contributed by atoms with Crippen LogP contribution >= 0.6 is 11.3 Å². The van der Waals surface area contributed by atoms with Crippen molar-refractivity contribution in [3.05, 3.63) is 40.7 Å². The minimum absolute atomic E-state index is 0.181. The third-order valence-corrected chi connectivity index (χ3v) is 6.71. The lowest BCUT2D eigenvalue weighted by Crippen LogP contribution is -2.37. The molecule has 1 saturated heterocycles. The maximum atomic E-state index is 11.7. The van der Waals surface area contributed by atoms with Crippen LogP contribution in [-0.2, 0) is 16.6 Å². The molecule has 8 heteroatoms. The van der Waals surface area contributed by atoms with Crippen molar-refractivity contribution in [2.24, 2.45) is 5.92 Å². The van der Waals surface area contributed by atoms with Gasteiger partial charge in [0.25, 0.3) is 0 Å². The van der Waals surface area contributed by atoms with Gasteiger partial charge in [-0.3, -0.25) is 4.90 Å². The van der Waals surface area contributed by atoms with Crippen LogP contribution in [0, 0.1) is 5.92 Å². The van der Waals surface area contributed by atoms with E-state index >= 15 is 0 Å². The Kier molecular flexibility index (Phi) is 6.06. The van der Waals surface area contributed by atoms with Crippen LogP contribution in [0.4, 0.5) is 5.82 Å². The molecule has 1 fully saturated rings. The van der Waals surface area contributed by atoms with E-state index in [1.807, 2.05) is 11.3 Å². The second-order valence-electron chi connectivity index (χ2n) is 6.29. The van der Waals surface area contributed by atoms with Gasteiger partial charge in [0.1, 0.15) is 10.7 Å². The lowest BCUT2D eigenvalue weighted by molar-refractivity contribution is 0.174. The molecule has 3 heterocycles. The second-order valence-corrected chi connectivity index (χ2v) is 9.21. The van der Waals surface area contributed by atoms with Gasteiger partial charge in [0.15, 0.2) is 0 Å². The fraction of sp³-hybridized carbons (Fsp3) is 0.471. The number of nitrogens with zero attached hydrogens (tertiary/aromatic N) is 2. The highest BCUT2D eigenvalue weighted by atomic mass is 32.2. The van der Waals surface area contributed by atoms with Crippen molar-refractivity contribution < 1.29 is 8.42 Å². The monoisotopic (exact) mass is 380 g/mol. The Morgan fingerprint density at radius 2 is 2.24 bits per heavy atom. The molecule has 2 N–H and O–H groups in total. The molecule has 1 aliphatic heterocycles. The first kappa shape index (κ1) is 18.3. The zero-order chi connectivity index (χ0) is 17.7. The van der Waals surface area contributed by atoms with Gasteiger partial charge in [-0.2, -0.15) is 0 Å². The summed E-state index contributed by atoms with van der Waals surface area (Å²) in [6.07, 6.45) is 3.81. The number of thiophene rings is 1. The lowest BCUT2D eigenvalue weighted by Gasteiger charge is -2.32. The maximum Gasteiger partial charge on any atom is 0.241 e. The molecule has 1 unspecified atom stereocenters. The minimum atomic E-state index is -3.43. The maximum absolute atomic E-state index is 11.7. The standard InChI is InChI=1S/C17H24N4O2S2/c1-18-25(22,23)16-6-7-17(20-11-16)19-10-14-4-2-8-21(12-14)13-15-5-3-9-24-15/h3,5-7,9,11,14,18H,2,4,8,10,12-13H2,1H3,(H,19,20). The van der Waals surface area contributed by atoms with Gasteiger partial charge in [0.2, 0.25) is 10.0 Å². The molecule has 2 aromatic heterocycles. The third-order valence-electron chi connectivity index (χ3n) is 4.45. The van der Waals surface area contributed by atoms with Crippen molar-refractivity contribution in [2.45, 2.75) is 24.3 Å². The van der Waals surface area contributed by atoms with Gasteiger partial charge in [0, 0.05) is 30.7 Å². The summed E-state index contributed by atoms with van der Waals surface area (Å²) in [6, 6.07) is 7.59. The fourth-order valence-electron chi connectivity index (χ4n) is 3.10. The first-order chi connectivity index (χ1) is 12.1.